The molecule has 2 aromatic rings. The fourth-order valence-electron chi connectivity index (χ4n) is 2.88. The van der Waals surface area contributed by atoms with Crippen LogP contribution in [0.2, 0.25) is 0 Å². The van der Waals surface area contributed by atoms with E-state index in [4.69, 9.17) is 11.1 Å². The first-order valence-electron chi connectivity index (χ1n) is 8.28. The lowest BCUT2D eigenvalue weighted by atomic mass is 10.1. The van der Waals surface area contributed by atoms with Crippen LogP contribution in [0.15, 0.2) is 57.9 Å². The molecule has 142 valence electrons. The van der Waals surface area contributed by atoms with Crippen molar-refractivity contribution in [3.05, 3.63) is 64.1 Å². The summed E-state index contributed by atoms with van der Waals surface area (Å²) in [6, 6.07) is 13.1. The summed E-state index contributed by atoms with van der Waals surface area (Å²) < 4.78 is 27.6. The van der Waals surface area contributed by atoms with E-state index in [-0.39, 0.29) is 29.7 Å². The van der Waals surface area contributed by atoms with Gasteiger partial charge in [0, 0.05) is 41.8 Å². The highest BCUT2D eigenvalue weighted by molar-refractivity contribution is 9.10. The third-order valence-corrected chi connectivity index (χ3v) is 6.79. The smallest absolute Gasteiger partial charge is 0.253 e. The van der Waals surface area contributed by atoms with Gasteiger partial charge in [0.05, 0.1) is 4.90 Å². The molecule has 7 nitrogen and oxygen atoms in total. The zero-order valence-corrected chi connectivity index (χ0v) is 16.8. The molecule has 0 atom stereocenters. The quantitative estimate of drug-likeness (QED) is 0.547. The van der Waals surface area contributed by atoms with Gasteiger partial charge in [-0.25, -0.2) is 8.42 Å². The minimum absolute atomic E-state index is 0.0552. The van der Waals surface area contributed by atoms with E-state index in [2.05, 4.69) is 15.9 Å². The second-order valence-corrected chi connectivity index (χ2v) is 9.00. The number of halogens is 1. The summed E-state index contributed by atoms with van der Waals surface area (Å²) in [6.45, 7) is 1.12. The molecule has 0 bridgehead atoms. The molecule has 1 aliphatic rings. The summed E-state index contributed by atoms with van der Waals surface area (Å²) in [5.41, 5.74) is 6.46. The van der Waals surface area contributed by atoms with E-state index in [0.29, 0.717) is 28.7 Å². The lowest BCUT2D eigenvalue weighted by molar-refractivity contribution is 0.0698. The van der Waals surface area contributed by atoms with E-state index in [9.17, 15) is 13.2 Å². The average molecular weight is 451 g/mol. The maximum atomic E-state index is 12.8. The van der Waals surface area contributed by atoms with Crippen LogP contribution in [0.5, 0.6) is 0 Å². The first kappa shape index (κ1) is 19.5. The molecule has 0 spiro atoms. The van der Waals surface area contributed by atoms with Crippen molar-refractivity contribution in [1.82, 2.24) is 9.21 Å². The number of nitrogens with zero attached hydrogens (tertiary/aromatic N) is 2. The van der Waals surface area contributed by atoms with E-state index in [1.54, 1.807) is 53.4 Å². The number of nitrogens with one attached hydrogen (secondary N) is 1. The van der Waals surface area contributed by atoms with Crippen LogP contribution in [-0.4, -0.2) is 55.5 Å². The first-order valence-corrected chi connectivity index (χ1v) is 10.5. The van der Waals surface area contributed by atoms with Gasteiger partial charge in [0.1, 0.15) is 5.84 Å². The van der Waals surface area contributed by atoms with E-state index in [0.717, 1.165) is 0 Å². The highest BCUT2D eigenvalue weighted by Crippen LogP contribution is 2.21. The Labute approximate surface area is 166 Å². The largest absolute Gasteiger partial charge is 0.384 e. The van der Waals surface area contributed by atoms with Crippen LogP contribution in [0.25, 0.3) is 0 Å². The molecule has 0 unspecified atom stereocenters. The van der Waals surface area contributed by atoms with Crippen LogP contribution < -0.4 is 5.73 Å². The summed E-state index contributed by atoms with van der Waals surface area (Å²) in [7, 11) is -3.59. The third kappa shape index (κ3) is 4.20. The standard InChI is InChI=1S/C18H19BrN4O3S/c19-15-2-1-3-16(12-15)27(25,26)23-10-8-22(9-11-23)18(24)14-6-4-13(5-7-14)17(20)21/h1-7,12H,8-11H2,(H3,20,21). The number of sulfonamides is 1. The molecule has 0 aliphatic carbocycles. The third-order valence-electron chi connectivity index (χ3n) is 4.40. The second kappa shape index (κ2) is 7.79. The van der Waals surface area contributed by atoms with Crippen molar-refractivity contribution < 1.29 is 13.2 Å². The second-order valence-electron chi connectivity index (χ2n) is 6.14. The number of nitrogen functional groups attached to an aromatic ring is 1. The van der Waals surface area contributed by atoms with Gasteiger partial charge in [-0.3, -0.25) is 10.2 Å². The number of rotatable bonds is 4. The molecular weight excluding hydrogens is 432 g/mol. The number of hydrogen-bond acceptors (Lipinski definition) is 4. The number of amidine groups is 1. The van der Waals surface area contributed by atoms with Crippen LogP contribution in [0.1, 0.15) is 15.9 Å². The van der Waals surface area contributed by atoms with Crippen molar-refractivity contribution in [3.63, 3.8) is 0 Å². The van der Waals surface area contributed by atoms with Crippen molar-refractivity contribution >= 4 is 37.7 Å². The number of amides is 1. The summed E-state index contributed by atoms with van der Waals surface area (Å²) in [5, 5.41) is 7.39. The Hall–Kier alpha value is -2.23. The number of carbonyl (C=O) groups is 1. The Morgan fingerprint density at radius 2 is 1.59 bits per heavy atom. The number of benzene rings is 2. The minimum atomic E-state index is -3.59. The summed E-state index contributed by atoms with van der Waals surface area (Å²) in [4.78, 5) is 14.5. The van der Waals surface area contributed by atoms with E-state index in [1.165, 1.54) is 4.31 Å². The summed E-state index contributed by atoms with van der Waals surface area (Å²) >= 11 is 3.29. The van der Waals surface area contributed by atoms with E-state index >= 15 is 0 Å². The Balaban J connectivity index is 1.67. The van der Waals surface area contributed by atoms with Crippen molar-refractivity contribution in [2.45, 2.75) is 4.90 Å². The van der Waals surface area contributed by atoms with Crippen LogP contribution in [0.4, 0.5) is 0 Å². The minimum Gasteiger partial charge on any atom is -0.384 e. The maximum Gasteiger partial charge on any atom is 0.253 e. The molecule has 0 saturated carbocycles. The van der Waals surface area contributed by atoms with Crippen molar-refractivity contribution in [2.75, 3.05) is 26.2 Å². The van der Waals surface area contributed by atoms with Crippen LogP contribution in [0, 0.1) is 5.41 Å². The topological polar surface area (TPSA) is 108 Å². The van der Waals surface area contributed by atoms with Gasteiger partial charge >= 0.3 is 0 Å². The number of carbonyl (C=O) groups excluding carboxylic acids is 1. The van der Waals surface area contributed by atoms with Gasteiger partial charge in [0.25, 0.3) is 5.91 Å². The monoisotopic (exact) mass is 450 g/mol. The van der Waals surface area contributed by atoms with Gasteiger partial charge < -0.3 is 10.6 Å². The molecular formula is C18H19BrN4O3S. The SMILES string of the molecule is N=C(N)c1ccc(C(=O)N2CCN(S(=O)(=O)c3cccc(Br)c3)CC2)cc1. The van der Waals surface area contributed by atoms with Crippen LogP contribution in [-0.2, 0) is 10.0 Å². The van der Waals surface area contributed by atoms with Crippen LogP contribution in [0.3, 0.4) is 0 Å². The van der Waals surface area contributed by atoms with Gasteiger partial charge in [0.2, 0.25) is 10.0 Å². The predicted molar refractivity (Wildman–Crippen MR) is 106 cm³/mol. The molecule has 2 aromatic carbocycles. The Morgan fingerprint density at radius 3 is 2.15 bits per heavy atom. The van der Waals surface area contributed by atoms with Crippen LogP contribution >= 0.6 is 15.9 Å². The molecule has 3 rings (SSSR count). The molecule has 1 aliphatic heterocycles. The van der Waals surface area contributed by atoms with Crippen molar-refractivity contribution in [2.24, 2.45) is 5.73 Å². The fourth-order valence-corrected chi connectivity index (χ4v) is 4.90. The molecule has 1 heterocycles. The molecule has 1 amide bonds. The van der Waals surface area contributed by atoms with Gasteiger partial charge in [-0.05, 0) is 30.3 Å². The fraction of sp³-hybridized carbons (Fsp3) is 0.222. The summed E-state index contributed by atoms with van der Waals surface area (Å²) in [6.07, 6.45) is 0. The Bertz CT molecular complexity index is 968. The van der Waals surface area contributed by atoms with Gasteiger partial charge in [-0.2, -0.15) is 4.31 Å². The summed E-state index contributed by atoms with van der Waals surface area (Å²) in [5.74, 6) is -0.218. The van der Waals surface area contributed by atoms with Crippen molar-refractivity contribution in [3.8, 4) is 0 Å². The van der Waals surface area contributed by atoms with E-state index in [1.807, 2.05) is 0 Å². The highest BCUT2D eigenvalue weighted by Gasteiger charge is 2.30. The predicted octanol–water partition coefficient (Wildman–Crippen LogP) is 1.88. The zero-order valence-electron chi connectivity index (χ0n) is 14.4. The molecule has 9 heteroatoms. The zero-order chi connectivity index (χ0) is 19.6. The van der Waals surface area contributed by atoms with E-state index < -0.39 is 10.0 Å². The molecule has 0 aromatic heterocycles. The Morgan fingerprint density at radius 1 is 1.00 bits per heavy atom. The van der Waals surface area contributed by atoms with Gasteiger partial charge in [-0.1, -0.05) is 34.1 Å². The molecule has 0 radical (unpaired) electrons. The lowest BCUT2D eigenvalue weighted by Gasteiger charge is -2.34. The average Bonchev–Trinajstić information content (AvgIpc) is 2.67. The number of hydrogen-bond donors (Lipinski definition) is 2. The molecule has 3 N–H and O–H groups in total. The Kier molecular flexibility index (Phi) is 5.64. The molecule has 1 saturated heterocycles. The number of piperazine rings is 1. The van der Waals surface area contributed by atoms with Gasteiger partial charge in [-0.15, -0.1) is 0 Å². The number of nitrogens with two attached hydrogens (primary N) is 1. The van der Waals surface area contributed by atoms with Crippen molar-refractivity contribution in [1.29, 1.82) is 5.41 Å². The van der Waals surface area contributed by atoms with Gasteiger partial charge in [0.15, 0.2) is 0 Å². The molecule has 1 fully saturated rings. The highest BCUT2D eigenvalue weighted by atomic mass is 79.9. The lowest BCUT2D eigenvalue weighted by Crippen LogP contribution is -2.50. The maximum absolute atomic E-state index is 12.8. The normalized spacial score (nSPS) is 15.5. The first-order chi connectivity index (χ1) is 12.8. The molecule has 27 heavy (non-hydrogen) atoms.